The van der Waals surface area contributed by atoms with E-state index in [0.717, 1.165) is 0 Å². The van der Waals surface area contributed by atoms with Gasteiger partial charge in [0.15, 0.2) is 0 Å². The van der Waals surface area contributed by atoms with Crippen LogP contribution in [-0.4, -0.2) is 65.4 Å². The smallest absolute Gasteiger partial charge is 0.325 e. The standard InChI is InChI=1S/C19H36N6O6/c1-10(2)15(22)18(29)25-12(6-4-5-9-20)17(28)24-13(7-8-14(21)26)16(27)23-11(3)19(30)31/h10-13,15H,4-9,20,22H2,1-3H3,(H2,21,26)(H,23,27)(H,24,28)(H,25,29)(H,30,31). The third-order valence-electron chi connectivity index (χ3n) is 4.64. The molecule has 0 bridgehead atoms. The van der Waals surface area contributed by atoms with Crippen molar-refractivity contribution >= 4 is 29.6 Å². The van der Waals surface area contributed by atoms with Crippen LogP contribution >= 0.6 is 0 Å². The molecule has 0 aliphatic carbocycles. The van der Waals surface area contributed by atoms with E-state index >= 15 is 0 Å². The summed E-state index contributed by atoms with van der Waals surface area (Å²) in [6, 6.07) is -4.22. The van der Waals surface area contributed by atoms with Crippen LogP contribution in [0.1, 0.15) is 52.9 Å². The summed E-state index contributed by atoms with van der Waals surface area (Å²) in [5.74, 6) is -4.05. The maximum absolute atomic E-state index is 12.8. The number of carboxylic acids is 1. The Hall–Kier alpha value is -2.73. The number of carboxylic acid groups (broad SMARTS) is 1. The van der Waals surface area contributed by atoms with Gasteiger partial charge in [-0.15, -0.1) is 0 Å². The molecule has 0 aliphatic heterocycles. The lowest BCUT2D eigenvalue weighted by atomic mass is 10.0. The van der Waals surface area contributed by atoms with Crippen LogP contribution in [0.2, 0.25) is 0 Å². The molecule has 0 aliphatic rings. The minimum Gasteiger partial charge on any atom is -0.480 e. The summed E-state index contributed by atoms with van der Waals surface area (Å²) >= 11 is 0. The van der Waals surface area contributed by atoms with Crippen molar-refractivity contribution < 1.29 is 29.1 Å². The minimum absolute atomic E-state index is 0.131. The first-order valence-electron chi connectivity index (χ1n) is 10.3. The van der Waals surface area contributed by atoms with Crippen LogP contribution in [0.4, 0.5) is 0 Å². The Labute approximate surface area is 182 Å². The number of rotatable bonds is 15. The number of carbonyl (C=O) groups is 5. The number of nitrogens with one attached hydrogen (secondary N) is 3. The zero-order valence-corrected chi connectivity index (χ0v) is 18.3. The number of aliphatic carboxylic acids is 1. The van der Waals surface area contributed by atoms with Crippen LogP contribution in [-0.2, 0) is 24.0 Å². The van der Waals surface area contributed by atoms with Gasteiger partial charge in [0.2, 0.25) is 23.6 Å². The summed E-state index contributed by atoms with van der Waals surface area (Å²) < 4.78 is 0. The molecule has 0 aromatic heterocycles. The minimum atomic E-state index is -1.26. The van der Waals surface area contributed by atoms with Gasteiger partial charge in [-0.25, -0.2) is 0 Å². The number of amides is 4. The summed E-state index contributed by atoms with van der Waals surface area (Å²) in [6.07, 6.45) is 1.09. The molecule has 12 heteroatoms. The summed E-state index contributed by atoms with van der Waals surface area (Å²) in [5, 5.41) is 16.3. The Balaban J connectivity index is 5.40. The Morgan fingerprint density at radius 1 is 0.839 bits per heavy atom. The molecule has 4 amide bonds. The van der Waals surface area contributed by atoms with E-state index in [4.69, 9.17) is 22.3 Å². The molecule has 0 fully saturated rings. The van der Waals surface area contributed by atoms with Crippen molar-refractivity contribution in [1.82, 2.24) is 16.0 Å². The average molecular weight is 445 g/mol. The quantitative estimate of drug-likeness (QED) is 0.139. The van der Waals surface area contributed by atoms with Crippen molar-refractivity contribution in [2.45, 2.75) is 77.0 Å². The molecule has 12 nitrogen and oxygen atoms in total. The van der Waals surface area contributed by atoms with Gasteiger partial charge < -0.3 is 38.3 Å². The highest BCUT2D eigenvalue weighted by Gasteiger charge is 2.29. The van der Waals surface area contributed by atoms with Gasteiger partial charge in [0.1, 0.15) is 18.1 Å². The van der Waals surface area contributed by atoms with E-state index < -0.39 is 53.8 Å². The van der Waals surface area contributed by atoms with Gasteiger partial charge in [0.25, 0.3) is 0 Å². The number of hydrogen-bond acceptors (Lipinski definition) is 7. The molecule has 4 unspecified atom stereocenters. The van der Waals surface area contributed by atoms with Crippen LogP contribution in [0.5, 0.6) is 0 Å². The van der Waals surface area contributed by atoms with Crippen molar-refractivity contribution in [1.29, 1.82) is 0 Å². The van der Waals surface area contributed by atoms with Crippen LogP contribution in [0, 0.1) is 5.92 Å². The van der Waals surface area contributed by atoms with Gasteiger partial charge in [-0.3, -0.25) is 24.0 Å². The van der Waals surface area contributed by atoms with E-state index in [1.807, 2.05) is 0 Å². The van der Waals surface area contributed by atoms with Gasteiger partial charge in [-0.2, -0.15) is 0 Å². The summed E-state index contributed by atoms with van der Waals surface area (Å²) in [4.78, 5) is 59.7. The Kier molecular flexibility index (Phi) is 13.0. The van der Waals surface area contributed by atoms with Gasteiger partial charge >= 0.3 is 5.97 Å². The molecule has 0 rings (SSSR count). The highest BCUT2D eigenvalue weighted by Crippen LogP contribution is 2.06. The van der Waals surface area contributed by atoms with Gasteiger partial charge in [-0.05, 0) is 45.1 Å². The molecule has 178 valence electrons. The van der Waals surface area contributed by atoms with Crippen LogP contribution in [0.3, 0.4) is 0 Å². The maximum atomic E-state index is 12.8. The Morgan fingerprint density at radius 2 is 1.35 bits per heavy atom. The van der Waals surface area contributed by atoms with Crippen molar-refractivity contribution in [3.05, 3.63) is 0 Å². The normalized spacial score (nSPS) is 14.8. The first kappa shape index (κ1) is 28.3. The molecular formula is C19H36N6O6. The van der Waals surface area contributed by atoms with E-state index in [1.54, 1.807) is 13.8 Å². The fourth-order valence-electron chi connectivity index (χ4n) is 2.54. The van der Waals surface area contributed by atoms with Gasteiger partial charge in [0.05, 0.1) is 6.04 Å². The molecular weight excluding hydrogens is 408 g/mol. The second-order valence-electron chi connectivity index (χ2n) is 7.75. The second-order valence-corrected chi connectivity index (χ2v) is 7.75. The van der Waals surface area contributed by atoms with Gasteiger partial charge in [-0.1, -0.05) is 13.8 Å². The van der Waals surface area contributed by atoms with Crippen LogP contribution < -0.4 is 33.2 Å². The topological polar surface area (TPSA) is 220 Å². The first-order chi connectivity index (χ1) is 14.4. The van der Waals surface area contributed by atoms with Crippen LogP contribution in [0.25, 0.3) is 0 Å². The first-order valence-corrected chi connectivity index (χ1v) is 10.3. The van der Waals surface area contributed by atoms with E-state index in [9.17, 15) is 24.0 Å². The fourth-order valence-corrected chi connectivity index (χ4v) is 2.54. The largest absolute Gasteiger partial charge is 0.480 e. The number of hydrogen-bond donors (Lipinski definition) is 7. The van der Waals surface area contributed by atoms with Gasteiger partial charge in [0, 0.05) is 6.42 Å². The SMILES string of the molecule is CC(NC(=O)C(CCC(N)=O)NC(=O)C(CCCCN)NC(=O)C(N)C(C)C)C(=O)O. The summed E-state index contributed by atoms with van der Waals surface area (Å²) in [7, 11) is 0. The number of carbonyl (C=O) groups excluding carboxylic acids is 4. The second kappa shape index (κ2) is 14.3. The molecule has 0 spiro atoms. The molecule has 0 saturated heterocycles. The third kappa shape index (κ3) is 11.3. The Morgan fingerprint density at radius 3 is 1.84 bits per heavy atom. The number of unbranched alkanes of at least 4 members (excludes halogenated alkanes) is 1. The highest BCUT2D eigenvalue weighted by molar-refractivity contribution is 5.94. The van der Waals surface area contributed by atoms with E-state index in [-0.39, 0.29) is 25.2 Å². The zero-order chi connectivity index (χ0) is 24.1. The molecule has 0 aromatic carbocycles. The summed E-state index contributed by atoms with van der Waals surface area (Å²) in [6.45, 7) is 5.20. The van der Waals surface area contributed by atoms with Crippen molar-refractivity contribution in [3.8, 4) is 0 Å². The van der Waals surface area contributed by atoms with Crippen LogP contribution in [0.15, 0.2) is 0 Å². The Bertz CT molecular complexity index is 641. The lowest BCUT2D eigenvalue weighted by Crippen LogP contribution is -2.57. The molecule has 31 heavy (non-hydrogen) atoms. The molecule has 0 saturated carbocycles. The molecule has 4 atom stereocenters. The molecule has 10 N–H and O–H groups in total. The summed E-state index contributed by atoms with van der Waals surface area (Å²) in [5.41, 5.74) is 16.5. The monoisotopic (exact) mass is 444 g/mol. The average Bonchev–Trinajstić information content (AvgIpc) is 2.68. The highest BCUT2D eigenvalue weighted by atomic mass is 16.4. The van der Waals surface area contributed by atoms with Crippen molar-refractivity contribution in [2.24, 2.45) is 23.1 Å². The third-order valence-corrected chi connectivity index (χ3v) is 4.64. The van der Waals surface area contributed by atoms with E-state index in [1.165, 1.54) is 6.92 Å². The fraction of sp³-hybridized carbons (Fsp3) is 0.737. The zero-order valence-electron chi connectivity index (χ0n) is 18.3. The van der Waals surface area contributed by atoms with E-state index in [0.29, 0.717) is 19.4 Å². The maximum Gasteiger partial charge on any atom is 0.325 e. The predicted molar refractivity (Wildman–Crippen MR) is 113 cm³/mol. The predicted octanol–water partition coefficient (Wildman–Crippen LogP) is -2.08. The van der Waals surface area contributed by atoms with Crippen molar-refractivity contribution in [3.63, 3.8) is 0 Å². The van der Waals surface area contributed by atoms with Crippen molar-refractivity contribution in [2.75, 3.05) is 6.54 Å². The molecule has 0 aromatic rings. The molecule has 0 heterocycles. The number of nitrogens with two attached hydrogens (primary N) is 3. The lowest BCUT2D eigenvalue weighted by Gasteiger charge is -2.25. The lowest BCUT2D eigenvalue weighted by molar-refractivity contribution is -0.142. The molecule has 0 radical (unpaired) electrons. The number of primary amides is 1. The van der Waals surface area contributed by atoms with E-state index in [2.05, 4.69) is 16.0 Å².